The van der Waals surface area contributed by atoms with Crippen molar-refractivity contribution >= 4 is 11.8 Å². The number of hydrogen-bond acceptors (Lipinski definition) is 4. The predicted molar refractivity (Wildman–Crippen MR) is 113 cm³/mol. The Labute approximate surface area is 170 Å². The molecule has 1 N–H and O–H groups in total. The lowest BCUT2D eigenvalue weighted by atomic mass is 9.98. The highest BCUT2D eigenvalue weighted by atomic mass is 16.5. The van der Waals surface area contributed by atoms with Crippen molar-refractivity contribution in [3.8, 4) is 0 Å². The van der Waals surface area contributed by atoms with E-state index in [1.807, 2.05) is 6.92 Å². The second-order valence-corrected chi connectivity index (χ2v) is 7.33. The van der Waals surface area contributed by atoms with Crippen molar-refractivity contribution in [2.45, 2.75) is 85.2 Å². The van der Waals surface area contributed by atoms with Crippen molar-refractivity contribution in [3.05, 3.63) is 40.7 Å². The van der Waals surface area contributed by atoms with Gasteiger partial charge in [-0.1, -0.05) is 45.8 Å². The molecule has 0 aromatic heterocycles. The Morgan fingerprint density at radius 3 is 2.64 bits per heavy atom. The Bertz CT molecular complexity index is 648. The maximum atomic E-state index is 12.3. The third-order valence-corrected chi connectivity index (χ3v) is 5.03. The van der Waals surface area contributed by atoms with Gasteiger partial charge < -0.3 is 9.84 Å². The van der Waals surface area contributed by atoms with Gasteiger partial charge in [-0.25, -0.2) is 4.79 Å². The second-order valence-electron chi connectivity index (χ2n) is 7.33. The number of ether oxygens (including phenoxy) is 1. The minimum absolute atomic E-state index is 0.223. The molecule has 2 unspecified atom stereocenters. The lowest BCUT2D eigenvalue weighted by molar-refractivity contribution is -0.154. The average molecular weight is 389 g/mol. The van der Waals surface area contributed by atoms with Gasteiger partial charge in [0, 0.05) is 24.3 Å². The number of carbonyl (C=O) groups excluding carboxylic acids is 2. The topological polar surface area (TPSA) is 63.6 Å². The van der Waals surface area contributed by atoms with Gasteiger partial charge in [0.2, 0.25) is 0 Å². The maximum absolute atomic E-state index is 12.3. The molecule has 0 saturated carbocycles. The van der Waals surface area contributed by atoms with Gasteiger partial charge in [0.15, 0.2) is 11.9 Å². The molecular weight excluding hydrogens is 352 g/mol. The Hall–Kier alpha value is -1.90. The molecule has 1 rings (SSSR count). The molecule has 0 aromatic carbocycles. The number of aliphatic hydroxyl groups is 1. The van der Waals surface area contributed by atoms with Gasteiger partial charge in [-0.15, -0.1) is 5.73 Å². The van der Waals surface area contributed by atoms with E-state index in [1.165, 1.54) is 19.3 Å². The number of Topliss-reactive ketones (excluding diaryl/α,β-unsaturated/α-hetero) is 1. The van der Waals surface area contributed by atoms with Crippen molar-refractivity contribution in [3.63, 3.8) is 0 Å². The summed E-state index contributed by atoms with van der Waals surface area (Å²) in [5.41, 5.74) is 6.26. The number of carbonyl (C=O) groups is 2. The van der Waals surface area contributed by atoms with Gasteiger partial charge in [0.1, 0.15) is 0 Å². The fraction of sp³-hybridized carbons (Fsp3) is 0.625. The Balaban J connectivity index is 2.86. The molecule has 0 spiro atoms. The molecule has 156 valence electrons. The van der Waals surface area contributed by atoms with E-state index in [-0.39, 0.29) is 12.4 Å². The van der Waals surface area contributed by atoms with Gasteiger partial charge >= 0.3 is 5.97 Å². The smallest absolute Gasteiger partial charge is 0.335 e. The highest BCUT2D eigenvalue weighted by Gasteiger charge is 2.23. The number of esters is 1. The third-order valence-electron chi connectivity index (χ3n) is 5.03. The van der Waals surface area contributed by atoms with Crippen LogP contribution in [0.25, 0.3) is 0 Å². The largest absolute Gasteiger partial charge is 0.464 e. The fourth-order valence-corrected chi connectivity index (χ4v) is 3.14. The van der Waals surface area contributed by atoms with Crippen LogP contribution in [-0.2, 0) is 14.3 Å². The minimum atomic E-state index is -1.19. The molecule has 0 bridgehead atoms. The zero-order valence-electron chi connectivity index (χ0n) is 17.9. The summed E-state index contributed by atoms with van der Waals surface area (Å²) in [4.78, 5) is 24.0. The van der Waals surface area contributed by atoms with Gasteiger partial charge in [-0.3, -0.25) is 4.79 Å². The van der Waals surface area contributed by atoms with E-state index >= 15 is 0 Å². The first-order valence-electron chi connectivity index (χ1n) is 10.6. The summed E-state index contributed by atoms with van der Waals surface area (Å²) in [5, 5.41) is 10.0. The molecule has 0 amide bonds. The molecule has 0 radical (unpaired) electrons. The first-order chi connectivity index (χ1) is 13.4. The Kier molecular flexibility index (Phi) is 11.5. The molecular formula is C24H36O4. The molecule has 0 saturated heterocycles. The van der Waals surface area contributed by atoms with Crippen molar-refractivity contribution in [2.75, 3.05) is 6.61 Å². The minimum Gasteiger partial charge on any atom is -0.464 e. The molecule has 0 heterocycles. The summed E-state index contributed by atoms with van der Waals surface area (Å²) < 4.78 is 4.85. The van der Waals surface area contributed by atoms with E-state index in [0.717, 1.165) is 36.0 Å². The summed E-state index contributed by atoms with van der Waals surface area (Å²) in [6, 6.07) is 0. The quantitative estimate of drug-likeness (QED) is 0.283. The first kappa shape index (κ1) is 24.1. The molecule has 1 aliphatic carbocycles. The third kappa shape index (κ3) is 8.00. The highest BCUT2D eigenvalue weighted by Crippen LogP contribution is 2.29. The molecule has 28 heavy (non-hydrogen) atoms. The predicted octanol–water partition coefficient (Wildman–Crippen LogP) is 5.22. The number of ketones is 1. The molecule has 4 heteroatoms. The van der Waals surface area contributed by atoms with Crippen LogP contribution in [0.5, 0.6) is 0 Å². The molecule has 1 aliphatic rings. The van der Waals surface area contributed by atoms with Crippen molar-refractivity contribution in [2.24, 2.45) is 5.92 Å². The van der Waals surface area contributed by atoms with Crippen LogP contribution in [0.3, 0.4) is 0 Å². The van der Waals surface area contributed by atoms with Crippen molar-refractivity contribution in [1.82, 2.24) is 0 Å². The van der Waals surface area contributed by atoms with Crippen molar-refractivity contribution in [1.29, 1.82) is 0 Å². The number of allylic oxidation sites excluding steroid dienone is 4. The Morgan fingerprint density at radius 1 is 1.25 bits per heavy atom. The van der Waals surface area contributed by atoms with Crippen LogP contribution in [0.4, 0.5) is 0 Å². The van der Waals surface area contributed by atoms with Crippen LogP contribution in [-0.4, -0.2) is 29.6 Å². The van der Waals surface area contributed by atoms with Crippen LogP contribution < -0.4 is 0 Å². The zero-order chi connectivity index (χ0) is 20.9. The Morgan fingerprint density at radius 2 is 2.00 bits per heavy atom. The fourth-order valence-electron chi connectivity index (χ4n) is 3.14. The van der Waals surface area contributed by atoms with Gasteiger partial charge in [0.25, 0.3) is 0 Å². The van der Waals surface area contributed by atoms with E-state index in [2.05, 4.69) is 24.8 Å². The monoisotopic (exact) mass is 388 g/mol. The maximum Gasteiger partial charge on any atom is 0.335 e. The summed E-state index contributed by atoms with van der Waals surface area (Å²) in [6.45, 7) is 7.93. The summed E-state index contributed by atoms with van der Waals surface area (Å²) >= 11 is 0. The molecule has 4 nitrogen and oxygen atoms in total. The SMILES string of the molecule is CCCCCC=CC1=C(CC(=C=CC(C)C(O)C(=O)OCC)CC)C(=O)CC1. The summed E-state index contributed by atoms with van der Waals surface area (Å²) in [7, 11) is 0. The summed E-state index contributed by atoms with van der Waals surface area (Å²) in [6.07, 6.45) is 12.3. The van der Waals surface area contributed by atoms with Gasteiger partial charge in [-0.2, -0.15) is 0 Å². The van der Waals surface area contributed by atoms with Crippen LogP contribution in [0.2, 0.25) is 0 Å². The lowest BCUT2D eigenvalue weighted by Crippen LogP contribution is -2.28. The summed E-state index contributed by atoms with van der Waals surface area (Å²) in [5.74, 6) is -0.789. The van der Waals surface area contributed by atoms with E-state index in [0.29, 0.717) is 12.8 Å². The van der Waals surface area contributed by atoms with E-state index in [4.69, 9.17) is 4.74 Å². The molecule has 0 aromatic rings. The first-order valence-corrected chi connectivity index (χ1v) is 10.6. The van der Waals surface area contributed by atoms with Gasteiger partial charge in [0.05, 0.1) is 6.61 Å². The van der Waals surface area contributed by atoms with Crippen LogP contribution in [0.15, 0.2) is 40.7 Å². The number of unbranched alkanes of at least 4 members (excludes halogenated alkanes) is 3. The van der Waals surface area contributed by atoms with Crippen LogP contribution in [0.1, 0.15) is 79.1 Å². The van der Waals surface area contributed by atoms with Crippen LogP contribution >= 0.6 is 0 Å². The average Bonchev–Trinajstić information content (AvgIpc) is 3.03. The molecule has 0 fully saturated rings. The standard InChI is InChI=1S/C24H36O4/c1-5-8-9-10-11-12-20-15-16-22(25)21(20)17-19(6-2)14-13-18(4)23(26)24(27)28-7-3/h11-13,18,23,26H,5-10,15-17H2,1-4H3. The molecule has 2 atom stereocenters. The second kappa shape index (κ2) is 13.3. The zero-order valence-corrected chi connectivity index (χ0v) is 17.9. The normalized spacial score (nSPS) is 16.2. The van der Waals surface area contributed by atoms with E-state index in [1.54, 1.807) is 19.9 Å². The lowest BCUT2D eigenvalue weighted by Gasteiger charge is -2.13. The van der Waals surface area contributed by atoms with Gasteiger partial charge in [-0.05, 0) is 49.8 Å². The number of aliphatic hydroxyl groups excluding tert-OH is 1. The van der Waals surface area contributed by atoms with Crippen LogP contribution in [0, 0.1) is 5.92 Å². The molecule has 0 aliphatic heterocycles. The number of hydrogen-bond donors (Lipinski definition) is 1. The van der Waals surface area contributed by atoms with Crippen molar-refractivity contribution < 1.29 is 19.4 Å². The highest BCUT2D eigenvalue weighted by molar-refractivity contribution is 5.99. The van der Waals surface area contributed by atoms with E-state index < -0.39 is 18.0 Å². The van der Waals surface area contributed by atoms with E-state index in [9.17, 15) is 14.7 Å². The number of rotatable bonds is 12.